The minimum atomic E-state index is -1.24. The summed E-state index contributed by atoms with van der Waals surface area (Å²) in [4.78, 5) is 37.8. The maximum absolute atomic E-state index is 12.8. The molecule has 0 fully saturated rings. The maximum atomic E-state index is 12.8. The Morgan fingerprint density at radius 3 is 2.64 bits per heavy atom. The van der Waals surface area contributed by atoms with Crippen molar-refractivity contribution in [1.82, 2.24) is 10.2 Å². The maximum Gasteiger partial charge on any atom is 0.335 e. The third-order valence-electron chi connectivity index (χ3n) is 4.11. The lowest BCUT2D eigenvalue weighted by atomic mass is 10.0. The molecule has 0 unspecified atom stereocenters. The highest BCUT2D eigenvalue weighted by atomic mass is 32.1. The van der Waals surface area contributed by atoms with Crippen LogP contribution in [0, 0.1) is 0 Å². The van der Waals surface area contributed by atoms with Gasteiger partial charge >= 0.3 is 5.97 Å². The predicted molar refractivity (Wildman–Crippen MR) is 103 cm³/mol. The quantitative estimate of drug-likeness (QED) is 0.785. The number of nitrogens with zero attached hydrogens (tertiary/aromatic N) is 3. The Bertz CT molecular complexity index is 953. The number of amides is 2. The normalized spacial score (nSPS) is 15.2. The molecule has 148 valence electrons. The molecule has 28 heavy (non-hydrogen) atoms. The van der Waals surface area contributed by atoms with Crippen LogP contribution in [0.25, 0.3) is 0 Å². The molecule has 1 aromatic heterocycles. The summed E-state index contributed by atoms with van der Waals surface area (Å²) >= 11 is 1.28. The first kappa shape index (κ1) is 19.7. The summed E-state index contributed by atoms with van der Waals surface area (Å²) < 4.78 is 5.68. The summed E-state index contributed by atoms with van der Waals surface area (Å²) in [6.07, 6.45) is 0. The fourth-order valence-electron chi connectivity index (χ4n) is 2.68. The van der Waals surface area contributed by atoms with Crippen molar-refractivity contribution in [1.29, 1.82) is 0 Å². The van der Waals surface area contributed by atoms with E-state index in [2.05, 4.69) is 15.5 Å². The number of rotatable bonds is 5. The Morgan fingerprint density at radius 1 is 1.32 bits per heavy atom. The molecular formula is C18H20N4O5S. The van der Waals surface area contributed by atoms with Crippen LogP contribution in [0.4, 0.5) is 10.8 Å². The molecule has 1 aliphatic rings. The van der Waals surface area contributed by atoms with Crippen molar-refractivity contribution >= 4 is 39.9 Å². The zero-order chi connectivity index (χ0) is 20.6. The highest BCUT2D eigenvalue weighted by molar-refractivity contribution is 7.15. The fourth-order valence-corrected chi connectivity index (χ4v) is 3.44. The molecule has 0 saturated carbocycles. The number of carboxylic acids is 1. The van der Waals surface area contributed by atoms with Crippen LogP contribution in [-0.4, -0.2) is 45.2 Å². The number of anilines is 2. The average Bonchev–Trinajstić information content (AvgIpc) is 3.06. The zero-order valence-electron chi connectivity index (χ0n) is 15.8. The van der Waals surface area contributed by atoms with E-state index in [9.17, 15) is 19.5 Å². The summed E-state index contributed by atoms with van der Waals surface area (Å²) in [5.41, 5.74) is -0.870. The van der Waals surface area contributed by atoms with Crippen LogP contribution < -0.4 is 15.0 Å². The number of carboxylic acid groups (broad SMARTS) is 1. The van der Waals surface area contributed by atoms with E-state index in [4.69, 9.17) is 4.74 Å². The number of benzene rings is 1. The SMILES string of the molecule is CC(C)c1nnc(NC(=O)CN2C(=O)C(C)(C)Oc3cc(C(=O)O)ccc32)s1. The third-order valence-corrected chi connectivity index (χ3v) is 5.24. The molecular weight excluding hydrogens is 384 g/mol. The summed E-state index contributed by atoms with van der Waals surface area (Å²) in [6, 6.07) is 4.16. The fraction of sp³-hybridized carbons (Fsp3) is 0.389. The van der Waals surface area contributed by atoms with E-state index >= 15 is 0 Å². The lowest BCUT2D eigenvalue weighted by Crippen LogP contribution is -2.54. The minimum Gasteiger partial charge on any atom is -0.478 e. The number of carbonyl (C=O) groups is 3. The molecule has 0 spiro atoms. The number of hydrogen-bond acceptors (Lipinski definition) is 7. The molecule has 0 bridgehead atoms. The van der Waals surface area contributed by atoms with Crippen molar-refractivity contribution in [2.24, 2.45) is 0 Å². The molecule has 2 heterocycles. The van der Waals surface area contributed by atoms with Crippen molar-refractivity contribution in [2.45, 2.75) is 39.2 Å². The van der Waals surface area contributed by atoms with Crippen LogP contribution in [0.15, 0.2) is 18.2 Å². The number of fused-ring (bicyclic) bond motifs is 1. The van der Waals surface area contributed by atoms with Gasteiger partial charge in [0.15, 0.2) is 5.60 Å². The number of aromatic carboxylic acids is 1. The van der Waals surface area contributed by atoms with Gasteiger partial charge in [-0.05, 0) is 32.0 Å². The second kappa shape index (κ2) is 7.19. The molecule has 2 amide bonds. The van der Waals surface area contributed by atoms with Gasteiger partial charge in [-0.25, -0.2) is 4.79 Å². The van der Waals surface area contributed by atoms with Crippen molar-refractivity contribution in [3.05, 3.63) is 28.8 Å². The van der Waals surface area contributed by atoms with E-state index in [-0.39, 0.29) is 23.8 Å². The second-order valence-electron chi connectivity index (χ2n) is 7.14. The predicted octanol–water partition coefficient (Wildman–Crippen LogP) is 2.50. The molecule has 0 aliphatic carbocycles. The molecule has 2 N–H and O–H groups in total. The Kier molecular flexibility index (Phi) is 5.07. The molecule has 0 saturated heterocycles. The molecule has 0 atom stereocenters. The molecule has 9 nitrogen and oxygen atoms in total. The van der Waals surface area contributed by atoms with Crippen molar-refractivity contribution in [2.75, 3.05) is 16.8 Å². The van der Waals surface area contributed by atoms with E-state index in [0.29, 0.717) is 10.8 Å². The molecule has 10 heteroatoms. The molecule has 2 aromatic rings. The standard InChI is InChI=1S/C18H20N4O5S/c1-9(2)14-20-21-17(28-14)19-13(23)8-22-11-6-5-10(15(24)25)7-12(11)27-18(3,4)16(22)26/h5-7,9H,8H2,1-4H3,(H,24,25)(H,19,21,23). The van der Waals surface area contributed by atoms with Crippen molar-refractivity contribution < 1.29 is 24.2 Å². The van der Waals surface area contributed by atoms with E-state index < -0.39 is 23.4 Å². The van der Waals surface area contributed by atoms with Gasteiger partial charge in [0.25, 0.3) is 5.91 Å². The first-order valence-electron chi connectivity index (χ1n) is 8.60. The Hall–Kier alpha value is -3.01. The van der Waals surface area contributed by atoms with E-state index in [0.717, 1.165) is 5.01 Å². The Morgan fingerprint density at radius 2 is 2.04 bits per heavy atom. The van der Waals surface area contributed by atoms with Crippen molar-refractivity contribution in [3.8, 4) is 5.75 Å². The molecule has 3 rings (SSSR count). The topological polar surface area (TPSA) is 122 Å². The van der Waals surface area contributed by atoms with E-state index in [1.54, 1.807) is 13.8 Å². The van der Waals surface area contributed by atoms with Gasteiger partial charge in [-0.1, -0.05) is 25.2 Å². The van der Waals surface area contributed by atoms with Gasteiger partial charge < -0.3 is 9.84 Å². The lowest BCUT2D eigenvalue weighted by molar-refractivity contribution is -0.133. The van der Waals surface area contributed by atoms with Gasteiger partial charge in [-0.2, -0.15) is 0 Å². The van der Waals surface area contributed by atoms with Gasteiger partial charge in [0, 0.05) is 5.92 Å². The summed E-state index contributed by atoms with van der Waals surface area (Å²) in [7, 11) is 0. The van der Waals surface area contributed by atoms with Crippen LogP contribution in [0.3, 0.4) is 0 Å². The third kappa shape index (κ3) is 3.81. The zero-order valence-corrected chi connectivity index (χ0v) is 16.7. The monoisotopic (exact) mass is 404 g/mol. The van der Waals surface area contributed by atoms with Gasteiger partial charge in [0.2, 0.25) is 11.0 Å². The minimum absolute atomic E-state index is 0.0309. The van der Waals surface area contributed by atoms with Gasteiger partial charge in [-0.3, -0.25) is 19.8 Å². The molecule has 1 aromatic carbocycles. The van der Waals surface area contributed by atoms with Crippen LogP contribution in [-0.2, 0) is 9.59 Å². The largest absolute Gasteiger partial charge is 0.478 e. The summed E-state index contributed by atoms with van der Waals surface area (Å²) in [6.45, 7) is 6.82. The molecule has 1 aliphatic heterocycles. The Balaban J connectivity index is 1.84. The highest BCUT2D eigenvalue weighted by Crippen LogP contribution is 2.38. The smallest absolute Gasteiger partial charge is 0.335 e. The van der Waals surface area contributed by atoms with E-state index in [1.807, 2.05) is 13.8 Å². The first-order chi connectivity index (χ1) is 13.1. The first-order valence-corrected chi connectivity index (χ1v) is 9.41. The van der Waals surface area contributed by atoms with Gasteiger partial charge in [0.05, 0.1) is 11.3 Å². The van der Waals surface area contributed by atoms with Crippen molar-refractivity contribution in [3.63, 3.8) is 0 Å². The van der Waals surface area contributed by atoms with Crippen LogP contribution in [0.1, 0.15) is 49.0 Å². The molecule has 0 radical (unpaired) electrons. The highest BCUT2D eigenvalue weighted by Gasteiger charge is 2.41. The number of hydrogen-bond donors (Lipinski definition) is 2. The summed E-state index contributed by atoms with van der Waals surface area (Å²) in [5.74, 6) is -1.53. The van der Waals surface area contributed by atoms with Crippen LogP contribution in [0.2, 0.25) is 0 Å². The van der Waals surface area contributed by atoms with E-state index in [1.165, 1.54) is 34.4 Å². The number of ether oxygens (including phenoxy) is 1. The van der Waals surface area contributed by atoms with Crippen LogP contribution >= 0.6 is 11.3 Å². The number of nitrogens with one attached hydrogen (secondary N) is 1. The number of carbonyl (C=O) groups excluding carboxylic acids is 2. The summed E-state index contributed by atoms with van der Waals surface area (Å²) in [5, 5.41) is 20.9. The van der Waals surface area contributed by atoms with Gasteiger partial charge in [-0.15, -0.1) is 10.2 Å². The van der Waals surface area contributed by atoms with Crippen LogP contribution in [0.5, 0.6) is 5.75 Å². The van der Waals surface area contributed by atoms with Gasteiger partial charge in [0.1, 0.15) is 17.3 Å². The lowest BCUT2D eigenvalue weighted by Gasteiger charge is -2.38. The average molecular weight is 404 g/mol. The Labute approximate surface area is 165 Å². The second-order valence-corrected chi connectivity index (χ2v) is 8.15. The number of aromatic nitrogens is 2.